The first-order chi connectivity index (χ1) is 13.1. The second-order valence-electron chi connectivity index (χ2n) is 6.72. The van der Waals surface area contributed by atoms with Gasteiger partial charge in [0.25, 0.3) is 0 Å². The van der Waals surface area contributed by atoms with Gasteiger partial charge in [-0.3, -0.25) is 10.4 Å². The quantitative estimate of drug-likeness (QED) is 0.688. The summed E-state index contributed by atoms with van der Waals surface area (Å²) in [7, 11) is 1.84. The molecule has 1 fully saturated rings. The van der Waals surface area contributed by atoms with Gasteiger partial charge in [0.1, 0.15) is 17.3 Å². The van der Waals surface area contributed by atoms with E-state index in [1.54, 1.807) is 12.4 Å². The third-order valence-corrected chi connectivity index (χ3v) is 4.80. The molecule has 9 heteroatoms. The molecule has 0 amide bonds. The molecule has 1 unspecified atom stereocenters. The molecule has 1 saturated heterocycles. The van der Waals surface area contributed by atoms with E-state index in [1.807, 2.05) is 26.1 Å². The van der Waals surface area contributed by atoms with Crippen LogP contribution in [-0.2, 0) is 11.3 Å². The summed E-state index contributed by atoms with van der Waals surface area (Å²) < 4.78 is 7.71. The van der Waals surface area contributed by atoms with E-state index in [9.17, 15) is 0 Å². The minimum Gasteiger partial charge on any atom is -0.378 e. The van der Waals surface area contributed by atoms with Crippen LogP contribution in [0.1, 0.15) is 19.5 Å². The maximum atomic E-state index is 5.52. The summed E-state index contributed by atoms with van der Waals surface area (Å²) in [5.41, 5.74) is 8.13. The van der Waals surface area contributed by atoms with E-state index in [1.165, 1.54) is 0 Å². The van der Waals surface area contributed by atoms with Crippen molar-refractivity contribution in [3.63, 3.8) is 0 Å². The number of anilines is 1. The zero-order chi connectivity index (χ0) is 18.9. The van der Waals surface area contributed by atoms with Crippen molar-refractivity contribution in [3.05, 3.63) is 30.2 Å². The van der Waals surface area contributed by atoms with E-state index >= 15 is 0 Å². The number of aromatic nitrogens is 3. The van der Waals surface area contributed by atoms with Gasteiger partial charge in [0.05, 0.1) is 13.2 Å². The Morgan fingerprint density at radius 1 is 1.26 bits per heavy atom. The third-order valence-electron chi connectivity index (χ3n) is 4.80. The summed E-state index contributed by atoms with van der Waals surface area (Å²) in [5, 5.41) is 3.52. The predicted octanol–water partition coefficient (Wildman–Crippen LogP) is 0.867. The molecule has 1 atom stereocenters. The fourth-order valence-electron chi connectivity index (χ4n) is 3.59. The molecule has 27 heavy (non-hydrogen) atoms. The van der Waals surface area contributed by atoms with Gasteiger partial charge in [0.2, 0.25) is 0 Å². The van der Waals surface area contributed by atoms with Gasteiger partial charge >= 0.3 is 0 Å². The summed E-state index contributed by atoms with van der Waals surface area (Å²) in [6.45, 7) is 7.92. The topological polar surface area (TPSA) is 91.6 Å². The van der Waals surface area contributed by atoms with Crippen molar-refractivity contribution in [2.75, 3.05) is 38.7 Å². The van der Waals surface area contributed by atoms with E-state index in [-0.39, 0.29) is 0 Å². The summed E-state index contributed by atoms with van der Waals surface area (Å²) in [6.07, 6.45) is 3.58. The molecule has 3 N–H and O–H groups in total. The standard InChI is InChI=1S/C18H26N8O/c1-4-26-15(13-5-7-20-8-6-13)21-14-16(25-9-11-27-12-10-25)22-18(2,24-19-3)23-17(14)26/h5-8,19,23-24H,4,9-12H2,1-3H3. The number of pyridine rings is 1. The molecule has 0 aliphatic carbocycles. The minimum absolute atomic E-state index is 0.683. The summed E-state index contributed by atoms with van der Waals surface area (Å²) in [6, 6.07) is 3.97. The molecule has 0 bridgehead atoms. The van der Waals surface area contributed by atoms with Crippen LogP contribution in [-0.4, -0.2) is 64.4 Å². The average molecular weight is 370 g/mol. The zero-order valence-electron chi connectivity index (χ0n) is 16.0. The van der Waals surface area contributed by atoms with Crippen molar-refractivity contribution in [1.82, 2.24) is 30.3 Å². The predicted molar refractivity (Wildman–Crippen MR) is 104 cm³/mol. The number of aliphatic imine (C=N–C) groups is 1. The van der Waals surface area contributed by atoms with Gasteiger partial charge in [-0.25, -0.2) is 15.4 Å². The number of imidazole rings is 1. The number of rotatable bonds is 4. The second kappa shape index (κ2) is 7.26. The van der Waals surface area contributed by atoms with Crippen LogP contribution in [0.25, 0.3) is 11.4 Å². The van der Waals surface area contributed by atoms with E-state index in [0.29, 0.717) is 13.2 Å². The van der Waals surface area contributed by atoms with Gasteiger partial charge in [-0.1, -0.05) is 0 Å². The van der Waals surface area contributed by atoms with Crippen molar-refractivity contribution in [2.45, 2.75) is 26.2 Å². The van der Waals surface area contributed by atoms with Crippen molar-refractivity contribution in [1.29, 1.82) is 0 Å². The highest BCUT2D eigenvalue weighted by atomic mass is 16.5. The fourth-order valence-corrected chi connectivity index (χ4v) is 3.59. The Kier molecular flexibility index (Phi) is 4.81. The van der Waals surface area contributed by atoms with Gasteiger partial charge in [-0.05, 0) is 33.0 Å². The van der Waals surface area contributed by atoms with Gasteiger partial charge in [0.15, 0.2) is 11.6 Å². The van der Waals surface area contributed by atoms with Crippen molar-refractivity contribution in [3.8, 4) is 11.4 Å². The number of ether oxygens (including phenoxy) is 1. The Bertz CT molecular complexity index is 827. The van der Waals surface area contributed by atoms with Crippen LogP contribution >= 0.6 is 0 Å². The largest absolute Gasteiger partial charge is 0.378 e. The molecule has 0 aromatic carbocycles. The molecule has 4 heterocycles. The number of hydrogen-bond acceptors (Lipinski definition) is 8. The third kappa shape index (κ3) is 3.29. The van der Waals surface area contributed by atoms with Crippen LogP contribution in [0.2, 0.25) is 0 Å². The lowest BCUT2D eigenvalue weighted by Crippen LogP contribution is -2.57. The first kappa shape index (κ1) is 17.9. The molecule has 2 aromatic heterocycles. The summed E-state index contributed by atoms with van der Waals surface area (Å²) in [5.74, 6) is 2.08. The monoisotopic (exact) mass is 370 g/mol. The van der Waals surface area contributed by atoms with Gasteiger partial charge in [-0.2, -0.15) is 0 Å². The molecule has 144 valence electrons. The lowest BCUT2D eigenvalue weighted by Gasteiger charge is -2.37. The fraction of sp³-hybridized carbons (Fsp3) is 0.500. The molecular formula is C18H26N8O. The maximum Gasteiger partial charge on any atom is 0.197 e. The zero-order valence-corrected chi connectivity index (χ0v) is 16.0. The number of fused-ring (bicyclic) bond motifs is 1. The molecule has 2 aliphatic rings. The van der Waals surface area contributed by atoms with Crippen LogP contribution in [0.3, 0.4) is 0 Å². The molecule has 0 saturated carbocycles. The first-order valence-electron chi connectivity index (χ1n) is 9.31. The number of amidine groups is 1. The van der Waals surface area contributed by atoms with Crippen LogP contribution in [0.4, 0.5) is 5.82 Å². The SMILES string of the molecule is CCn1c(-c2ccncc2)nc2c1NC(C)(NNC)N=C2N1CCOCC1. The molecule has 9 nitrogen and oxygen atoms in total. The number of nitrogens with one attached hydrogen (secondary N) is 3. The number of hydrazine groups is 1. The molecule has 4 rings (SSSR count). The lowest BCUT2D eigenvalue weighted by atomic mass is 10.2. The average Bonchev–Trinajstić information content (AvgIpc) is 3.06. The van der Waals surface area contributed by atoms with E-state index < -0.39 is 5.79 Å². The summed E-state index contributed by atoms with van der Waals surface area (Å²) in [4.78, 5) is 16.3. The Morgan fingerprint density at radius 2 is 2.00 bits per heavy atom. The van der Waals surface area contributed by atoms with E-state index in [4.69, 9.17) is 14.7 Å². The van der Waals surface area contributed by atoms with Crippen molar-refractivity contribution < 1.29 is 4.74 Å². The normalized spacial score (nSPS) is 22.2. The smallest absolute Gasteiger partial charge is 0.197 e. The van der Waals surface area contributed by atoms with Gasteiger partial charge in [0, 0.05) is 37.6 Å². The minimum atomic E-state index is -0.683. The van der Waals surface area contributed by atoms with Crippen LogP contribution < -0.4 is 16.2 Å². The highest BCUT2D eigenvalue weighted by Crippen LogP contribution is 2.32. The van der Waals surface area contributed by atoms with E-state index in [2.05, 4.69) is 37.5 Å². The molecular weight excluding hydrogens is 344 g/mol. The van der Waals surface area contributed by atoms with Crippen LogP contribution in [0, 0.1) is 0 Å². The van der Waals surface area contributed by atoms with Crippen LogP contribution in [0.15, 0.2) is 29.5 Å². The highest BCUT2D eigenvalue weighted by Gasteiger charge is 2.36. The van der Waals surface area contributed by atoms with Crippen molar-refractivity contribution in [2.24, 2.45) is 4.99 Å². The number of morpholine rings is 1. The molecule has 2 aromatic rings. The Morgan fingerprint density at radius 3 is 2.67 bits per heavy atom. The highest BCUT2D eigenvalue weighted by molar-refractivity contribution is 6.03. The molecule has 0 spiro atoms. The van der Waals surface area contributed by atoms with Gasteiger partial charge in [-0.15, -0.1) is 0 Å². The van der Waals surface area contributed by atoms with Crippen LogP contribution in [0.5, 0.6) is 0 Å². The van der Waals surface area contributed by atoms with Crippen molar-refractivity contribution >= 4 is 11.7 Å². The van der Waals surface area contributed by atoms with Gasteiger partial charge < -0.3 is 19.5 Å². The van der Waals surface area contributed by atoms with E-state index in [0.717, 1.165) is 48.4 Å². The Balaban J connectivity index is 1.84. The molecule has 2 aliphatic heterocycles. The molecule has 0 radical (unpaired) electrons. The number of hydrogen-bond donors (Lipinski definition) is 3. The maximum absolute atomic E-state index is 5.52. The Labute approximate surface area is 158 Å². The lowest BCUT2D eigenvalue weighted by molar-refractivity contribution is 0.0676. The second-order valence-corrected chi connectivity index (χ2v) is 6.72. The summed E-state index contributed by atoms with van der Waals surface area (Å²) >= 11 is 0. The number of nitrogens with zero attached hydrogens (tertiary/aromatic N) is 5. The Hall–Kier alpha value is -2.49. The first-order valence-corrected chi connectivity index (χ1v) is 9.31.